The van der Waals surface area contributed by atoms with Crippen molar-refractivity contribution >= 4 is 5.97 Å². The molecule has 0 radical (unpaired) electrons. The summed E-state index contributed by atoms with van der Waals surface area (Å²) in [5.41, 5.74) is -0.0459. The van der Waals surface area contributed by atoms with E-state index < -0.39 is 5.97 Å². The molecule has 0 saturated heterocycles. The van der Waals surface area contributed by atoms with Gasteiger partial charge in [-0.1, -0.05) is 5.16 Å². The molecular formula is C10H14N2O4. The van der Waals surface area contributed by atoms with Gasteiger partial charge in [0.1, 0.15) is 0 Å². The summed E-state index contributed by atoms with van der Waals surface area (Å²) in [7, 11) is 0. The van der Waals surface area contributed by atoms with E-state index in [0.717, 1.165) is 12.8 Å². The Kier molecular flexibility index (Phi) is 2.93. The number of aliphatic hydroxyl groups is 1. The van der Waals surface area contributed by atoms with E-state index >= 15 is 0 Å². The van der Waals surface area contributed by atoms with E-state index in [1.54, 1.807) is 0 Å². The van der Waals surface area contributed by atoms with Crippen LogP contribution in [0.3, 0.4) is 0 Å². The average Bonchev–Trinajstić information content (AvgIpc) is 2.88. The number of aliphatic hydroxyl groups excluding tert-OH is 1. The molecule has 88 valence electrons. The van der Waals surface area contributed by atoms with Gasteiger partial charge in [-0.3, -0.25) is 0 Å². The van der Waals surface area contributed by atoms with Crippen molar-refractivity contribution in [3.05, 3.63) is 17.5 Å². The monoisotopic (exact) mass is 226 g/mol. The molecule has 1 aliphatic carbocycles. The fourth-order valence-electron chi connectivity index (χ4n) is 1.52. The molecule has 3 N–H and O–H groups in total. The normalized spacial score (nSPS) is 17.3. The number of carboxylic acid groups (broad SMARTS) is 1. The van der Waals surface area contributed by atoms with E-state index in [-0.39, 0.29) is 17.7 Å². The third kappa shape index (κ3) is 2.40. The first-order valence-electron chi connectivity index (χ1n) is 5.16. The van der Waals surface area contributed by atoms with E-state index in [4.69, 9.17) is 14.7 Å². The molecule has 1 aromatic heterocycles. The number of rotatable bonds is 6. The maximum absolute atomic E-state index is 10.5. The Balaban J connectivity index is 1.79. The second-order valence-corrected chi connectivity index (χ2v) is 4.25. The molecule has 6 heteroatoms. The van der Waals surface area contributed by atoms with Crippen LogP contribution < -0.4 is 5.32 Å². The highest BCUT2D eigenvalue weighted by Gasteiger charge is 2.41. The molecule has 0 unspecified atom stereocenters. The second kappa shape index (κ2) is 4.23. The van der Waals surface area contributed by atoms with Crippen molar-refractivity contribution < 1.29 is 19.5 Å². The Bertz CT molecular complexity index is 384. The van der Waals surface area contributed by atoms with Crippen molar-refractivity contribution in [2.75, 3.05) is 13.2 Å². The minimum atomic E-state index is -1.09. The Morgan fingerprint density at radius 3 is 2.88 bits per heavy atom. The van der Waals surface area contributed by atoms with Gasteiger partial charge in [0.2, 0.25) is 0 Å². The van der Waals surface area contributed by atoms with Crippen LogP contribution in [-0.4, -0.2) is 34.5 Å². The SMILES string of the molecule is O=C(O)c1cc(CNCC2(CO)CC2)on1. The molecule has 0 atom stereocenters. The van der Waals surface area contributed by atoms with Gasteiger partial charge >= 0.3 is 5.97 Å². The van der Waals surface area contributed by atoms with Gasteiger partial charge in [-0.25, -0.2) is 4.79 Å². The Morgan fingerprint density at radius 1 is 1.62 bits per heavy atom. The highest BCUT2D eigenvalue weighted by Crippen LogP contribution is 2.44. The summed E-state index contributed by atoms with van der Waals surface area (Å²) in [5, 5.41) is 24.2. The van der Waals surface area contributed by atoms with E-state index in [1.807, 2.05) is 0 Å². The molecule has 16 heavy (non-hydrogen) atoms. The van der Waals surface area contributed by atoms with Gasteiger partial charge in [-0.2, -0.15) is 0 Å². The largest absolute Gasteiger partial charge is 0.476 e. The van der Waals surface area contributed by atoms with E-state index in [9.17, 15) is 4.79 Å². The summed E-state index contributed by atoms with van der Waals surface area (Å²) in [6.45, 7) is 1.34. The number of hydrogen-bond donors (Lipinski definition) is 3. The van der Waals surface area contributed by atoms with Crippen LogP contribution in [0.15, 0.2) is 10.6 Å². The van der Waals surface area contributed by atoms with Crippen molar-refractivity contribution in [1.29, 1.82) is 0 Å². The number of carbonyl (C=O) groups is 1. The fourth-order valence-corrected chi connectivity index (χ4v) is 1.52. The van der Waals surface area contributed by atoms with Gasteiger partial charge in [0, 0.05) is 24.6 Å². The van der Waals surface area contributed by atoms with Gasteiger partial charge in [0.25, 0.3) is 0 Å². The van der Waals surface area contributed by atoms with Gasteiger partial charge in [0.15, 0.2) is 11.5 Å². The number of carboxylic acids is 1. The molecule has 0 aromatic carbocycles. The van der Waals surface area contributed by atoms with Gasteiger partial charge in [-0.05, 0) is 12.8 Å². The first-order valence-corrected chi connectivity index (χ1v) is 5.16. The maximum atomic E-state index is 10.5. The number of nitrogens with one attached hydrogen (secondary N) is 1. The van der Waals surface area contributed by atoms with Gasteiger partial charge in [0.05, 0.1) is 6.54 Å². The lowest BCUT2D eigenvalue weighted by molar-refractivity contribution is 0.0685. The molecular weight excluding hydrogens is 212 g/mol. The van der Waals surface area contributed by atoms with Crippen LogP contribution in [0.4, 0.5) is 0 Å². The van der Waals surface area contributed by atoms with E-state index in [2.05, 4.69) is 10.5 Å². The van der Waals surface area contributed by atoms with E-state index in [0.29, 0.717) is 18.8 Å². The number of nitrogens with zero attached hydrogens (tertiary/aromatic N) is 1. The fraction of sp³-hybridized carbons (Fsp3) is 0.600. The van der Waals surface area contributed by atoms with Crippen LogP contribution in [0, 0.1) is 5.41 Å². The van der Waals surface area contributed by atoms with Crippen molar-refractivity contribution in [2.45, 2.75) is 19.4 Å². The highest BCUT2D eigenvalue weighted by atomic mass is 16.5. The number of hydrogen-bond acceptors (Lipinski definition) is 5. The summed E-state index contributed by atoms with van der Waals surface area (Å²) in [6.07, 6.45) is 2.07. The zero-order valence-corrected chi connectivity index (χ0v) is 8.77. The minimum Gasteiger partial charge on any atom is -0.476 e. The molecule has 0 bridgehead atoms. The summed E-state index contributed by atoms with van der Waals surface area (Å²) in [5.74, 6) is -0.602. The summed E-state index contributed by atoms with van der Waals surface area (Å²) in [4.78, 5) is 10.5. The number of aromatic carboxylic acids is 1. The molecule has 1 fully saturated rings. The molecule has 0 spiro atoms. The number of aromatic nitrogens is 1. The lowest BCUT2D eigenvalue weighted by Crippen LogP contribution is -2.25. The topological polar surface area (TPSA) is 95.6 Å². The predicted molar refractivity (Wildman–Crippen MR) is 53.9 cm³/mol. The Hall–Kier alpha value is -1.40. The Labute approximate surface area is 92.2 Å². The van der Waals surface area contributed by atoms with Crippen molar-refractivity contribution in [3.63, 3.8) is 0 Å². The third-order valence-electron chi connectivity index (χ3n) is 2.87. The minimum absolute atomic E-state index is 0.0374. The van der Waals surface area contributed by atoms with E-state index in [1.165, 1.54) is 6.07 Å². The Morgan fingerprint density at radius 2 is 2.38 bits per heavy atom. The standard InChI is InChI=1S/C10H14N2O4/c13-6-10(1-2-10)5-11-4-7-3-8(9(14)15)12-16-7/h3,11,13H,1-2,4-6H2,(H,14,15). The average molecular weight is 226 g/mol. The summed E-state index contributed by atoms with van der Waals surface area (Å²) >= 11 is 0. The quantitative estimate of drug-likeness (QED) is 0.643. The van der Waals surface area contributed by atoms with Crippen LogP contribution >= 0.6 is 0 Å². The third-order valence-corrected chi connectivity index (χ3v) is 2.87. The molecule has 0 amide bonds. The second-order valence-electron chi connectivity index (χ2n) is 4.25. The maximum Gasteiger partial charge on any atom is 0.358 e. The first kappa shape index (κ1) is 11.1. The molecule has 1 aliphatic rings. The lowest BCUT2D eigenvalue weighted by Gasteiger charge is -2.10. The molecule has 1 heterocycles. The first-order chi connectivity index (χ1) is 7.65. The van der Waals surface area contributed by atoms with Crippen molar-refractivity contribution in [1.82, 2.24) is 10.5 Å². The van der Waals surface area contributed by atoms with Crippen LogP contribution in [0.1, 0.15) is 29.1 Å². The molecule has 2 rings (SSSR count). The highest BCUT2D eigenvalue weighted by molar-refractivity contribution is 5.85. The van der Waals surface area contributed by atoms with Crippen LogP contribution in [0.2, 0.25) is 0 Å². The van der Waals surface area contributed by atoms with Crippen LogP contribution in [0.25, 0.3) is 0 Å². The van der Waals surface area contributed by atoms with Crippen molar-refractivity contribution in [2.24, 2.45) is 5.41 Å². The molecule has 1 aromatic rings. The van der Waals surface area contributed by atoms with Crippen LogP contribution in [-0.2, 0) is 6.54 Å². The zero-order valence-electron chi connectivity index (χ0n) is 8.77. The summed E-state index contributed by atoms with van der Waals surface area (Å²) in [6, 6.07) is 1.40. The summed E-state index contributed by atoms with van der Waals surface area (Å²) < 4.78 is 4.84. The zero-order chi connectivity index (χ0) is 11.6. The van der Waals surface area contributed by atoms with Crippen LogP contribution in [0.5, 0.6) is 0 Å². The van der Waals surface area contributed by atoms with Gasteiger partial charge in [-0.15, -0.1) is 0 Å². The molecule has 1 saturated carbocycles. The van der Waals surface area contributed by atoms with Gasteiger partial charge < -0.3 is 20.1 Å². The smallest absolute Gasteiger partial charge is 0.358 e. The molecule has 0 aliphatic heterocycles. The predicted octanol–water partition coefficient (Wildman–Crippen LogP) is 0.235. The lowest BCUT2D eigenvalue weighted by atomic mass is 10.1. The molecule has 6 nitrogen and oxygen atoms in total. The van der Waals surface area contributed by atoms with Crippen molar-refractivity contribution in [3.8, 4) is 0 Å².